The molecule has 1 aromatic carbocycles. The van der Waals surface area contributed by atoms with E-state index in [4.69, 9.17) is 10.5 Å². The van der Waals surface area contributed by atoms with E-state index in [1.807, 2.05) is 0 Å². The van der Waals surface area contributed by atoms with Crippen LogP contribution in [0.15, 0.2) is 23.6 Å². The molecule has 1 amide bonds. The van der Waals surface area contributed by atoms with Crippen LogP contribution in [0.2, 0.25) is 0 Å². The van der Waals surface area contributed by atoms with Crippen molar-refractivity contribution in [2.45, 2.75) is 19.7 Å². The van der Waals surface area contributed by atoms with Gasteiger partial charge in [0.15, 0.2) is 11.5 Å². The van der Waals surface area contributed by atoms with E-state index in [0.29, 0.717) is 16.3 Å². The first kappa shape index (κ1) is 18.1. The van der Waals surface area contributed by atoms with E-state index in [-0.39, 0.29) is 30.5 Å². The fourth-order valence-corrected chi connectivity index (χ4v) is 2.70. The maximum atomic E-state index is 12.5. The third kappa shape index (κ3) is 4.39. The van der Waals surface area contributed by atoms with Gasteiger partial charge >= 0.3 is 6.61 Å². The number of rotatable bonds is 7. The molecule has 0 spiro atoms. The first-order valence-electron chi connectivity index (χ1n) is 6.96. The Morgan fingerprint density at radius 3 is 2.75 bits per heavy atom. The van der Waals surface area contributed by atoms with Gasteiger partial charge in [0.05, 0.1) is 7.11 Å². The van der Waals surface area contributed by atoms with Crippen molar-refractivity contribution >= 4 is 17.2 Å². The quantitative estimate of drug-likeness (QED) is 0.824. The summed E-state index contributed by atoms with van der Waals surface area (Å²) in [6.45, 7) is -2.48. The Balaban J connectivity index is 2.12. The molecule has 0 aliphatic rings. The minimum atomic E-state index is -2.96. The highest BCUT2D eigenvalue weighted by molar-refractivity contribution is 7.09. The van der Waals surface area contributed by atoms with Gasteiger partial charge in [0.2, 0.25) is 0 Å². The zero-order valence-corrected chi connectivity index (χ0v) is 14.0. The summed E-state index contributed by atoms with van der Waals surface area (Å²) in [5.74, 6) is -0.164. The Labute approximate surface area is 141 Å². The zero-order chi connectivity index (χ0) is 17.7. The molecule has 9 heteroatoms. The summed E-state index contributed by atoms with van der Waals surface area (Å²) in [6, 6.07) is 4.61. The average molecular weight is 357 g/mol. The van der Waals surface area contributed by atoms with E-state index in [0.717, 1.165) is 0 Å². The normalized spacial score (nSPS) is 10.8. The number of hydrogen-bond acceptors (Lipinski definition) is 6. The van der Waals surface area contributed by atoms with Crippen LogP contribution < -0.4 is 15.2 Å². The highest BCUT2D eigenvalue weighted by Gasteiger charge is 2.17. The summed E-state index contributed by atoms with van der Waals surface area (Å²) in [7, 11) is 2.96. The Kier molecular flexibility index (Phi) is 6.04. The first-order chi connectivity index (χ1) is 11.4. The van der Waals surface area contributed by atoms with Gasteiger partial charge in [-0.1, -0.05) is 6.07 Å². The topological polar surface area (TPSA) is 77.7 Å². The van der Waals surface area contributed by atoms with E-state index in [2.05, 4.69) is 9.72 Å². The lowest BCUT2D eigenvalue weighted by atomic mass is 10.2. The summed E-state index contributed by atoms with van der Waals surface area (Å²) in [5, 5.41) is 2.31. The van der Waals surface area contributed by atoms with E-state index < -0.39 is 6.61 Å². The second kappa shape index (κ2) is 8.02. The molecule has 0 unspecified atom stereocenters. The number of nitrogens with zero attached hydrogens (tertiary/aromatic N) is 2. The van der Waals surface area contributed by atoms with E-state index >= 15 is 0 Å². The molecule has 0 bridgehead atoms. The molecule has 2 rings (SSSR count). The van der Waals surface area contributed by atoms with Crippen molar-refractivity contribution in [3.63, 3.8) is 0 Å². The van der Waals surface area contributed by atoms with Gasteiger partial charge in [-0.15, -0.1) is 11.3 Å². The summed E-state index contributed by atoms with van der Waals surface area (Å²) >= 11 is 1.31. The molecule has 6 nitrogen and oxygen atoms in total. The van der Waals surface area contributed by atoms with Gasteiger partial charge in [0.25, 0.3) is 5.91 Å². The molecule has 0 aliphatic heterocycles. The van der Waals surface area contributed by atoms with E-state index in [1.54, 1.807) is 18.5 Å². The van der Waals surface area contributed by atoms with Crippen LogP contribution in [0.1, 0.15) is 21.1 Å². The monoisotopic (exact) mass is 357 g/mol. The number of ether oxygens (including phenoxy) is 2. The van der Waals surface area contributed by atoms with Crippen LogP contribution in [0.5, 0.6) is 11.5 Å². The van der Waals surface area contributed by atoms with Crippen molar-refractivity contribution < 1.29 is 23.0 Å². The van der Waals surface area contributed by atoms with Crippen molar-refractivity contribution in [1.29, 1.82) is 0 Å². The van der Waals surface area contributed by atoms with Crippen molar-refractivity contribution in [3.05, 3.63) is 39.8 Å². The van der Waals surface area contributed by atoms with Crippen LogP contribution in [0, 0.1) is 0 Å². The van der Waals surface area contributed by atoms with Crippen LogP contribution in [0.4, 0.5) is 8.78 Å². The lowest BCUT2D eigenvalue weighted by molar-refractivity contribution is -0.0512. The summed E-state index contributed by atoms with van der Waals surface area (Å²) in [5.41, 5.74) is 6.41. The number of carbonyl (C=O) groups excluding carboxylic acids is 1. The minimum Gasteiger partial charge on any atom is -0.493 e. The first-order valence-corrected chi connectivity index (χ1v) is 7.84. The number of methoxy groups -OCH3 is 1. The van der Waals surface area contributed by atoms with Crippen LogP contribution in [0.25, 0.3) is 0 Å². The average Bonchev–Trinajstić information content (AvgIpc) is 3.03. The van der Waals surface area contributed by atoms with Crippen molar-refractivity contribution in [2.24, 2.45) is 5.73 Å². The summed E-state index contributed by atoms with van der Waals surface area (Å²) in [4.78, 5) is 17.9. The lowest BCUT2D eigenvalue weighted by Gasteiger charge is -2.17. The molecule has 0 atom stereocenters. The largest absolute Gasteiger partial charge is 0.493 e. The number of halogens is 2. The molecule has 24 heavy (non-hydrogen) atoms. The highest BCUT2D eigenvalue weighted by Crippen LogP contribution is 2.30. The fourth-order valence-electron chi connectivity index (χ4n) is 2.05. The number of amides is 1. The van der Waals surface area contributed by atoms with Crippen LogP contribution >= 0.6 is 11.3 Å². The maximum Gasteiger partial charge on any atom is 0.387 e. The Morgan fingerprint density at radius 2 is 2.17 bits per heavy atom. The third-order valence-electron chi connectivity index (χ3n) is 3.16. The predicted octanol–water partition coefficient (Wildman–Crippen LogP) is 2.48. The molecule has 0 fully saturated rings. The molecule has 1 aromatic heterocycles. The number of nitrogens with two attached hydrogens (primary N) is 1. The van der Waals surface area contributed by atoms with Crippen molar-refractivity contribution in [2.75, 3.05) is 14.2 Å². The Morgan fingerprint density at radius 1 is 1.42 bits per heavy atom. The number of aromatic nitrogens is 1. The van der Waals surface area contributed by atoms with E-state index in [9.17, 15) is 13.6 Å². The molecular weight excluding hydrogens is 340 g/mol. The van der Waals surface area contributed by atoms with Gasteiger partial charge in [0, 0.05) is 25.5 Å². The Bertz CT molecular complexity index is 709. The van der Waals surface area contributed by atoms with Gasteiger partial charge in [-0.05, 0) is 17.7 Å². The molecule has 1 heterocycles. The molecule has 0 radical (unpaired) electrons. The standard InChI is InChI=1S/C15H17F2N3O3S/c1-20(14(21)10-8-24-13(6-18)19-10)7-9-3-4-11(22-2)12(5-9)23-15(16)17/h3-5,8,15H,6-7,18H2,1-2H3. The van der Waals surface area contributed by atoms with Gasteiger partial charge < -0.3 is 20.1 Å². The van der Waals surface area contributed by atoms with Crippen molar-refractivity contribution in [3.8, 4) is 11.5 Å². The van der Waals surface area contributed by atoms with E-state index in [1.165, 1.54) is 35.5 Å². The molecule has 2 N–H and O–H groups in total. The van der Waals surface area contributed by atoms with Crippen molar-refractivity contribution in [1.82, 2.24) is 9.88 Å². The Hall–Kier alpha value is -2.26. The zero-order valence-electron chi connectivity index (χ0n) is 13.2. The minimum absolute atomic E-state index is 0.0788. The molecule has 0 aliphatic carbocycles. The van der Waals surface area contributed by atoms with Crippen LogP contribution in [-0.4, -0.2) is 36.6 Å². The SMILES string of the molecule is COc1ccc(CN(C)C(=O)c2csc(CN)n2)cc1OC(F)F. The van der Waals surface area contributed by atoms with Crippen LogP contribution in [0.3, 0.4) is 0 Å². The van der Waals surface area contributed by atoms with Gasteiger partial charge in [-0.25, -0.2) is 4.98 Å². The third-order valence-corrected chi connectivity index (χ3v) is 4.03. The molecular formula is C15H17F2N3O3S. The molecule has 0 saturated heterocycles. The molecule has 130 valence electrons. The molecule has 2 aromatic rings. The lowest BCUT2D eigenvalue weighted by Crippen LogP contribution is -2.26. The second-order valence-corrected chi connectivity index (χ2v) is 5.80. The summed E-state index contributed by atoms with van der Waals surface area (Å²) in [6.07, 6.45) is 0. The number of thiazole rings is 1. The van der Waals surface area contributed by atoms with Gasteiger partial charge in [-0.3, -0.25) is 4.79 Å². The number of alkyl halides is 2. The number of carbonyl (C=O) groups is 1. The summed E-state index contributed by atoms with van der Waals surface area (Å²) < 4.78 is 34.3. The van der Waals surface area contributed by atoms with Crippen LogP contribution in [-0.2, 0) is 13.1 Å². The maximum absolute atomic E-state index is 12.5. The smallest absolute Gasteiger partial charge is 0.387 e. The number of benzene rings is 1. The predicted molar refractivity (Wildman–Crippen MR) is 85.4 cm³/mol. The fraction of sp³-hybridized carbons (Fsp3) is 0.333. The van der Waals surface area contributed by atoms with Gasteiger partial charge in [0.1, 0.15) is 10.7 Å². The second-order valence-electron chi connectivity index (χ2n) is 4.86. The highest BCUT2D eigenvalue weighted by atomic mass is 32.1. The number of hydrogen-bond donors (Lipinski definition) is 1. The molecule has 0 saturated carbocycles. The van der Waals surface area contributed by atoms with Gasteiger partial charge in [-0.2, -0.15) is 8.78 Å².